The van der Waals surface area contributed by atoms with Gasteiger partial charge in [0.2, 0.25) is 5.91 Å². The van der Waals surface area contributed by atoms with E-state index in [0.717, 1.165) is 29.1 Å². The molecule has 110 valence electrons. The number of carbonyl (C=O) groups is 1. The molecule has 21 heavy (non-hydrogen) atoms. The third-order valence-corrected chi connectivity index (χ3v) is 4.47. The third kappa shape index (κ3) is 3.68. The maximum absolute atomic E-state index is 11.9. The summed E-state index contributed by atoms with van der Waals surface area (Å²) < 4.78 is 5.22. The van der Waals surface area contributed by atoms with E-state index >= 15 is 0 Å². The zero-order valence-corrected chi connectivity index (χ0v) is 12.6. The summed E-state index contributed by atoms with van der Waals surface area (Å²) in [5, 5.41) is 6.09. The van der Waals surface area contributed by atoms with Gasteiger partial charge in [0, 0.05) is 30.5 Å². The highest BCUT2D eigenvalue weighted by atomic mass is 32.1. The van der Waals surface area contributed by atoms with E-state index in [9.17, 15) is 4.79 Å². The van der Waals surface area contributed by atoms with Crippen LogP contribution in [0.5, 0.6) is 0 Å². The molecule has 1 amide bonds. The fraction of sp³-hybridized carbons (Fsp3) is 0.375. The van der Waals surface area contributed by atoms with Crippen molar-refractivity contribution in [2.24, 2.45) is 5.92 Å². The van der Waals surface area contributed by atoms with Crippen molar-refractivity contribution in [2.45, 2.75) is 12.8 Å². The van der Waals surface area contributed by atoms with Gasteiger partial charge in [-0.25, -0.2) is 4.98 Å². The van der Waals surface area contributed by atoms with Crippen LogP contribution in [-0.4, -0.2) is 30.6 Å². The molecule has 0 bridgehead atoms. The number of ether oxygens (including phenoxy) is 1. The van der Waals surface area contributed by atoms with Crippen LogP contribution in [0, 0.1) is 5.92 Å². The van der Waals surface area contributed by atoms with Crippen LogP contribution in [-0.2, 0) is 16.0 Å². The Bertz CT molecular complexity index is 591. The number of carbonyl (C=O) groups excluding carboxylic acids is 1. The Hall–Kier alpha value is -1.72. The van der Waals surface area contributed by atoms with Gasteiger partial charge in [-0.1, -0.05) is 30.3 Å². The van der Waals surface area contributed by atoms with Crippen molar-refractivity contribution in [1.29, 1.82) is 0 Å². The zero-order chi connectivity index (χ0) is 14.5. The van der Waals surface area contributed by atoms with Crippen LogP contribution < -0.4 is 5.32 Å². The van der Waals surface area contributed by atoms with Gasteiger partial charge in [-0.15, -0.1) is 11.3 Å². The minimum atomic E-state index is 0.0289. The van der Waals surface area contributed by atoms with Gasteiger partial charge in [-0.3, -0.25) is 4.79 Å². The zero-order valence-electron chi connectivity index (χ0n) is 11.7. The van der Waals surface area contributed by atoms with Crippen LogP contribution in [0.25, 0.3) is 11.3 Å². The fourth-order valence-electron chi connectivity index (χ4n) is 2.35. The van der Waals surface area contributed by atoms with Crippen molar-refractivity contribution in [3.05, 3.63) is 40.7 Å². The molecule has 0 aliphatic carbocycles. The van der Waals surface area contributed by atoms with Gasteiger partial charge >= 0.3 is 0 Å². The van der Waals surface area contributed by atoms with Crippen molar-refractivity contribution < 1.29 is 9.53 Å². The highest BCUT2D eigenvalue weighted by Crippen LogP contribution is 2.21. The van der Waals surface area contributed by atoms with Crippen LogP contribution in [0.15, 0.2) is 35.7 Å². The van der Waals surface area contributed by atoms with Gasteiger partial charge in [-0.05, 0) is 6.42 Å². The molecule has 5 heteroatoms. The van der Waals surface area contributed by atoms with Gasteiger partial charge in [0.05, 0.1) is 23.2 Å². The monoisotopic (exact) mass is 302 g/mol. The Kier molecular flexibility index (Phi) is 4.62. The van der Waals surface area contributed by atoms with E-state index in [-0.39, 0.29) is 11.8 Å². The first-order chi connectivity index (χ1) is 10.3. The topological polar surface area (TPSA) is 51.2 Å². The summed E-state index contributed by atoms with van der Waals surface area (Å²) in [5.74, 6) is 0.133. The Labute approximate surface area is 128 Å². The molecule has 1 unspecified atom stereocenters. The van der Waals surface area contributed by atoms with Crippen LogP contribution in [0.4, 0.5) is 0 Å². The lowest BCUT2D eigenvalue weighted by molar-refractivity contribution is -0.124. The molecule has 2 heterocycles. The Morgan fingerprint density at radius 1 is 1.38 bits per heavy atom. The maximum Gasteiger partial charge on any atom is 0.225 e. The molecule has 1 aromatic carbocycles. The molecular weight excluding hydrogens is 284 g/mol. The molecule has 0 saturated carbocycles. The maximum atomic E-state index is 11.9. The standard InChI is InChI=1S/C16H18N2O2S/c19-16(13-7-9-20-10-13)17-8-6-15-18-14(11-21-15)12-4-2-1-3-5-12/h1-5,11,13H,6-10H2,(H,17,19). The number of nitrogens with zero attached hydrogens (tertiary/aromatic N) is 1. The molecule has 1 aliphatic heterocycles. The fourth-order valence-corrected chi connectivity index (χ4v) is 3.15. The Morgan fingerprint density at radius 3 is 3.00 bits per heavy atom. The van der Waals surface area contributed by atoms with E-state index in [2.05, 4.69) is 27.8 Å². The van der Waals surface area contributed by atoms with Crippen LogP contribution >= 0.6 is 11.3 Å². The largest absolute Gasteiger partial charge is 0.381 e. The first kappa shape index (κ1) is 14.2. The SMILES string of the molecule is O=C(NCCc1nc(-c2ccccc2)cs1)C1CCOC1. The molecule has 1 fully saturated rings. The molecule has 0 spiro atoms. The van der Waals surface area contributed by atoms with Crippen molar-refractivity contribution >= 4 is 17.2 Å². The number of aromatic nitrogens is 1. The van der Waals surface area contributed by atoms with E-state index in [0.29, 0.717) is 19.8 Å². The second-order valence-electron chi connectivity index (χ2n) is 5.09. The lowest BCUT2D eigenvalue weighted by Gasteiger charge is -2.08. The molecule has 1 N–H and O–H groups in total. The number of amides is 1. The van der Waals surface area contributed by atoms with E-state index in [4.69, 9.17) is 4.74 Å². The summed E-state index contributed by atoms with van der Waals surface area (Å²) in [6.07, 6.45) is 1.61. The van der Waals surface area contributed by atoms with Crippen LogP contribution in [0.2, 0.25) is 0 Å². The first-order valence-electron chi connectivity index (χ1n) is 7.18. The van der Waals surface area contributed by atoms with E-state index < -0.39 is 0 Å². The van der Waals surface area contributed by atoms with Crippen LogP contribution in [0.3, 0.4) is 0 Å². The summed E-state index contributed by atoms with van der Waals surface area (Å²) in [6, 6.07) is 10.1. The molecule has 1 saturated heterocycles. The number of nitrogens with one attached hydrogen (secondary N) is 1. The summed E-state index contributed by atoms with van der Waals surface area (Å²) >= 11 is 1.64. The first-order valence-corrected chi connectivity index (χ1v) is 8.06. The normalized spacial score (nSPS) is 17.8. The summed E-state index contributed by atoms with van der Waals surface area (Å²) in [6.45, 7) is 1.89. The third-order valence-electron chi connectivity index (χ3n) is 3.56. The van der Waals surface area contributed by atoms with Gasteiger partial charge < -0.3 is 10.1 Å². The lowest BCUT2D eigenvalue weighted by atomic mass is 10.1. The molecule has 1 aliphatic rings. The lowest BCUT2D eigenvalue weighted by Crippen LogP contribution is -2.32. The van der Waals surface area contributed by atoms with Gasteiger partial charge in [0.1, 0.15) is 0 Å². The predicted molar refractivity (Wildman–Crippen MR) is 83.2 cm³/mol. The molecule has 2 aromatic rings. The minimum absolute atomic E-state index is 0.0289. The Morgan fingerprint density at radius 2 is 2.24 bits per heavy atom. The van der Waals surface area contributed by atoms with Crippen LogP contribution in [0.1, 0.15) is 11.4 Å². The van der Waals surface area contributed by atoms with E-state index in [1.165, 1.54) is 0 Å². The molecule has 0 radical (unpaired) electrons. The number of rotatable bonds is 5. The van der Waals surface area contributed by atoms with E-state index in [1.807, 2.05) is 18.2 Å². The van der Waals surface area contributed by atoms with Gasteiger partial charge in [0.25, 0.3) is 0 Å². The average Bonchev–Trinajstić information content (AvgIpc) is 3.20. The average molecular weight is 302 g/mol. The Balaban J connectivity index is 1.50. The molecule has 1 aromatic heterocycles. The van der Waals surface area contributed by atoms with Crippen molar-refractivity contribution in [2.75, 3.05) is 19.8 Å². The smallest absolute Gasteiger partial charge is 0.225 e. The van der Waals surface area contributed by atoms with E-state index in [1.54, 1.807) is 11.3 Å². The number of thiazole rings is 1. The van der Waals surface area contributed by atoms with Crippen molar-refractivity contribution in [3.63, 3.8) is 0 Å². The number of hydrogen-bond donors (Lipinski definition) is 1. The van der Waals surface area contributed by atoms with Crippen molar-refractivity contribution in [1.82, 2.24) is 10.3 Å². The molecule has 1 atom stereocenters. The predicted octanol–water partition coefficient (Wildman–Crippen LogP) is 2.51. The summed E-state index contributed by atoms with van der Waals surface area (Å²) in [4.78, 5) is 16.5. The summed E-state index contributed by atoms with van der Waals surface area (Å²) in [7, 11) is 0. The minimum Gasteiger partial charge on any atom is -0.381 e. The second-order valence-corrected chi connectivity index (χ2v) is 6.04. The molecule has 3 rings (SSSR count). The number of hydrogen-bond acceptors (Lipinski definition) is 4. The summed E-state index contributed by atoms with van der Waals surface area (Å²) in [5.41, 5.74) is 2.14. The second kappa shape index (κ2) is 6.83. The quantitative estimate of drug-likeness (QED) is 0.923. The highest BCUT2D eigenvalue weighted by Gasteiger charge is 2.22. The van der Waals surface area contributed by atoms with Gasteiger partial charge in [0.15, 0.2) is 0 Å². The highest BCUT2D eigenvalue weighted by molar-refractivity contribution is 7.09. The molecular formula is C16H18N2O2S. The van der Waals surface area contributed by atoms with Gasteiger partial charge in [-0.2, -0.15) is 0 Å². The number of benzene rings is 1. The van der Waals surface area contributed by atoms with Crippen molar-refractivity contribution in [3.8, 4) is 11.3 Å². The molecule has 4 nitrogen and oxygen atoms in total.